The SMILES string of the molecule is CC(=O)CCC(=O)CC(C(=O)Oc1ccc2c(c1)[C@@]13CCCC[C@H]1[C@@H](C2)N(C)CC3)C(C)C. The standard InChI is InChI=1S/C28H39NO4/c1-18(2)23(16-21(31)10-8-19(3)30)27(32)33-22-11-9-20-15-26-24-7-5-6-12-28(24,25(20)17-22)13-14-29(26)4/h9,11,17-18,23-24,26H,5-8,10,12-16H2,1-4H3/t23?,24-,26+,28+/m0/s1. The first-order chi connectivity index (χ1) is 15.7. The lowest BCUT2D eigenvalue weighted by Crippen LogP contribution is -2.59. The first-order valence-electron chi connectivity index (χ1n) is 12.8. The molecule has 180 valence electrons. The van der Waals surface area contributed by atoms with Crippen molar-refractivity contribution in [1.82, 2.24) is 4.90 Å². The van der Waals surface area contributed by atoms with Gasteiger partial charge in [0, 0.05) is 30.7 Å². The van der Waals surface area contributed by atoms with Crippen molar-refractivity contribution < 1.29 is 19.1 Å². The summed E-state index contributed by atoms with van der Waals surface area (Å²) in [5.41, 5.74) is 3.02. The first-order valence-corrected chi connectivity index (χ1v) is 12.8. The maximum absolute atomic E-state index is 13.1. The molecular formula is C28H39NO4. The fraction of sp³-hybridized carbons (Fsp3) is 0.679. The van der Waals surface area contributed by atoms with Gasteiger partial charge in [0.2, 0.25) is 0 Å². The average molecular weight is 454 g/mol. The van der Waals surface area contributed by atoms with Gasteiger partial charge >= 0.3 is 5.97 Å². The quantitative estimate of drug-likeness (QED) is 0.415. The summed E-state index contributed by atoms with van der Waals surface area (Å²) in [7, 11) is 2.27. The van der Waals surface area contributed by atoms with Crippen LogP contribution in [0.25, 0.3) is 0 Å². The van der Waals surface area contributed by atoms with Crippen LogP contribution in [0.5, 0.6) is 5.75 Å². The van der Waals surface area contributed by atoms with Crippen LogP contribution in [-0.2, 0) is 26.2 Å². The predicted molar refractivity (Wildman–Crippen MR) is 128 cm³/mol. The molecule has 0 aromatic heterocycles. The van der Waals surface area contributed by atoms with E-state index < -0.39 is 5.92 Å². The number of ether oxygens (including phenoxy) is 1. The molecule has 5 heteroatoms. The maximum Gasteiger partial charge on any atom is 0.315 e. The van der Waals surface area contributed by atoms with E-state index in [1.54, 1.807) is 0 Å². The zero-order valence-corrected chi connectivity index (χ0v) is 20.7. The van der Waals surface area contributed by atoms with E-state index >= 15 is 0 Å². The Labute approximate surface area is 198 Å². The Balaban J connectivity index is 1.53. The Morgan fingerprint density at radius 3 is 2.67 bits per heavy atom. The molecule has 3 aliphatic rings. The van der Waals surface area contributed by atoms with E-state index in [0.717, 1.165) is 13.0 Å². The molecule has 33 heavy (non-hydrogen) atoms. The van der Waals surface area contributed by atoms with E-state index in [1.165, 1.54) is 50.2 Å². The Hall–Kier alpha value is -2.01. The van der Waals surface area contributed by atoms with Crippen molar-refractivity contribution in [2.75, 3.05) is 13.6 Å². The van der Waals surface area contributed by atoms with E-state index in [4.69, 9.17) is 4.74 Å². The summed E-state index contributed by atoms with van der Waals surface area (Å²) in [4.78, 5) is 39.2. The second kappa shape index (κ2) is 9.69. The summed E-state index contributed by atoms with van der Waals surface area (Å²) in [6, 6.07) is 6.86. The number of carbonyl (C=O) groups excluding carboxylic acids is 3. The van der Waals surface area contributed by atoms with E-state index in [0.29, 0.717) is 17.7 Å². The largest absolute Gasteiger partial charge is 0.426 e. The van der Waals surface area contributed by atoms with Gasteiger partial charge in [0.1, 0.15) is 17.3 Å². The molecule has 1 saturated carbocycles. The highest BCUT2D eigenvalue weighted by Crippen LogP contribution is 2.56. The van der Waals surface area contributed by atoms with Crippen LogP contribution in [0.3, 0.4) is 0 Å². The number of Topliss-reactive ketones (excluding diaryl/α,β-unsaturated/α-hetero) is 2. The number of benzene rings is 1. The van der Waals surface area contributed by atoms with E-state index in [2.05, 4.69) is 24.1 Å². The number of ketones is 2. The molecule has 1 aromatic rings. The predicted octanol–water partition coefficient (Wildman–Crippen LogP) is 4.88. The first kappa shape index (κ1) is 24.1. The Morgan fingerprint density at radius 2 is 1.94 bits per heavy atom. The molecule has 0 N–H and O–H groups in total. The highest BCUT2D eigenvalue weighted by molar-refractivity contribution is 5.88. The van der Waals surface area contributed by atoms with E-state index in [-0.39, 0.29) is 48.1 Å². The number of nitrogens with zero attached hydrogens (tertiary/aromatic N) is 1. The van der Waals surface area contributed by atoms with Crippen LogP contribution < -0.4 is 4.74 Å². The molecule has 1 aliphatic heterocycles. The van der Waals surface area contributed by atoms with Crippen molar-refractivity contribution in [2.24, 2.45) is 17.8 Å². The number of rotatable bonds is 8. The molecule has 0 radical (unpaired) electrons. The molecular weight excluding hydrogens is 414 g/mol. The molecule has 0 amide bonds. The van der Waals surface area contributed by atoms with Crippen LogP contribution in [0.1, 0.15) is 83.3 Å². The number of esters is 1. The van der Waals surface area contributed by atoms with Gasteiger partial charge in [-0.15, -0.1) is 0 Å². The van der Waals surface area contributed by atoms with Crippen LogP contribution in [-0.4, -0.2) is 42.1 Å². The lowest BCUT2D eigenvalue weighted by molar-refractivity contribution is -0.142. The zero-order valence-electron chi connectivity index (χ0n) is 20.7. The minimum atomic E-state index is -0.492. The third kappa shape index (κ3) is 4.80. The Bertz CT molecular complexity index is 922. The third-order valence-electron chi connectivity index (χ3n) is 8.62. The summed E-state index contributed by atoms with van der Waals surface area (Å²) in [6.45, 7) is 6.51. The maximum atomic E-state index is 13.1. The molecule has 2 bridgehead atoms. The van der Waals surface area contributed by atoms with Crippen molar-refractivity contribution in [3.8, 4) is 5.75 Å². The van der Waals surface area contributed by atoms with Crippen LogP contribution in [0.2, 0.25) is 0 Å². The molecule has 1 heterocycles. The monoisotopic (exact) mass is 453 g/mol. The molecule has 2 fully saturated rings. The topological polar surface area (TPSA) is 63.7 Å². The van der Waals surface area contributed by atoms with Crippen LogP contribution in [0.15, 0.2) is 18.2 Å². The summed E-state index contributed by atoms with van der Waals surface area (Å²) in [5, 5.41) is 0. The van der Waals surface area contributed by atoms with Gasteiger partial charge in [-0.1, -0.05) is 32.8 Å². The van der Waals surface area contributed by atoms with Crippen LogP contribution >= 0.6 is 0 Å². The third-order valence-corrected chi connectivity index (χ3v) is 8.62. The molecule has 2 aliphatic carbocycles. The van der Waals surface area contributed by atoms with Gasteiger partial charge < -0.3 is 14.4 Å². The summed E-state index contributed by atoms with van der Waals surface area (Å²) in [6.07, 6.45) is 7.92. The minimum Gasteiger partial charge on any atom is -0.426 e. The molecule has 1 unspecified atom stereocenters. The zero-order chi connectivity index (χ0) is 23.8. The van der Waals surface area contributed by atoms with E-state index in [1.807, 2.05) is 19.9 Å². The lowest BCUT2D eigenvalue weighted by atomic mass is 9.52. The minimum absolute atomic E-state index is 0.00220. The highest BCUT2D eigenvalue weighted by atomic mass is 16.5. The van der Waals surface area contributed by atoms with Crippen molar-refractivity contribution in [2.45, 2.75) is 90.0 Å². The fourth-order valence-corrected chi connectivity index (χ4v) is 6.69. The smallest absolute Gasteiger partial charge is 0.315 e. The Kier molecular flexibility index (Phi) is 7.09. The molecule has 5 nitrogen and oxygen atoms in total. The number of hydrogen-bond acceptors (Lipinski definition) is 5. The van der Waals surface area contributed by atoms with Gasteiger partial charge in [0.05, 0.1) is 5.92 Å². The molecule has 0 spiro atoms. The lowest BCUT2D eigenvalue weighted by Gasteiger charge is -2.58. The summed E-state index contributed by atoms with van der Waals surface area (Å²) < 4.78 is 5.90. The van der Waals surface area contributed by atoms with Crippen molar-refractivity contribution in [3.05, 3.63) is 29.3 Å². The number of hydrogen-bond donors (Lipinski definition) is 0. The van der Waals surface area contributed by atoms with Gasteiger partial charge in [-0.25, -0.2) is 0 Å². The number of fused-ring (bicyclic) bond motifs is 1. The molecule has 4 rings (SSSR count). The molecule has 4 atom stereocenters. The normalized spacial score (nSPS) is 27.4. The summed E-state index contributed by atoms with van der Waals surface area (Å²) in [5.74, 6) is 0.407. The van der Waals surface area contributed by atoms with E-state index in [9.17, 15) is 14.4 Å². The Morgan fingerprint density at radius 1 is 1.15 bits per heavy atom. The molecule has 1 saturated heterocycles. The highest BCUT2D eigenvalue weighted by Gasteiger charge is 2.53. The second-order valence-electron chi connectivity index (χ2n) is 11.0. The van der Waals surface area contributed by atoms with Gasteiger partial charge in [0.15, 0.2) is 0 Å². The number of likely N-dealkylation sites (tertiary alicyclic amines) is 1. The van der Waals surface area contributed by atoms with Gasteiger partial charge in [-0.3, -0.25) is 9.59 Å². The number of piperidine rings is 1. The number of likely N-dealkylation sites (N-methyl/N-ethyl adjacent to an activating group) is 1. The number of carbonyl (C=O) groups is 3. The van der Waals surface area contributed by atoms with Crippen LogP contribution in [0, 0.1) is 17.8 Å². The molecule has 1 aromatic carbocycles. The van der Waals surface area contributed by atoms with Crippen molar-refractivity contribution in [1.29, 1.82) is 0 Å². The summed E-state index contributed by atoms with van der Waals surface area (Å²) >= 11 is 0. The average Bonchev–Trinajstić information content (AvgIpc) is 2.78. The van der Waals surface area contributed by atoms with Gasteiger partial charge in [-0.05, 0) is 81.3 Å². The van der Waals surface area contributed by atoms with Gasteiger partial charge in [0.25, 0.3) is 0 Å². The van der Waals surface area contributed by atoms with Crippen molar-refractivity contribution in [3.63, 3.8) is 0 Å². The second-order valence-corrected chi connectivity index (χ2v) is 11.0. The fourth-order valence-electron chi connectivity index (χ4n) is 6.69. The van der Waals surface area contributed by atoms with Crippen molar-refractivity contribution >= 4 is 17.5 Å². The van der Waals surface area contributed by atoms with Gasteiger partial charge in [-0.2, -0.15) is 0 Å². The van der Waals surface area contributed by atoms with Crippen LogP contribution in [0.4, 0.5) is 0 Å².